The number of nitrogens with zero attached hydrogens (tertiary/aromatic N) is 3. The maximum Gasteiger partial charge on any atom is 0.326 e. The van der Waals surface area contributed by atoms with Gasteiger partial charge in [0.05, 0.1) is 12.5 Å². The zero-order chi connectivity index (χ0) is 20.5. The Balaban J connectivity index is 1.97. The average molecular weight is 385 g/mol. The van der Waals surface area contributed by atoms with Gasteiger partial charge in [0.15, 0.2) is 6.61 Å². The van der Waals surface area contributed by atoms with Gasteiger partial charge in [0, 0.05) is 25.2 Å². The maximum absolute atomic E-state index is 12.6. The van der Waals surface area contributed by atoms with Crippen molar-refractivity contribution >= 4 is 23.5 Å². The van der Waals surface area contributed by atoms with Crippen LogP contribution in [0.3, 0.4) is 0 Å². The van der Waals surface area contributed by atoms with Crippen molar-refractivity contribution in [3.05, 3.63) is 29.3 Å². The Bertz CT molecular complexity index is 749. The molecule has 28 heavy (non-hydrogen) atoms. The van der Waals surface area contributed by atoms with Gasteiger partial charge in [-0.25, -0.2) is 0 Å². The number of esters is 1. The Morgan fingerprint density at radius 2 is 1.89 bits per heavy atom. The van der Waals surface area contributed by atoms with Crippen LogP contribution in [0.1, 0.15) is 43.2 Å². The number of likely N-dealkylation sites (tertiary alicyclic amines) is 1. The second-order valence-corrected chi connectivity index (χ2v) is 7.09. The summed E-state index contributed by atoms with van der Waals surface area (Å²) in [5, 5.41) is 8.89. The van der Waals surface area contributed by atoms with Gasteiger partial charge < -0.3 is 14.5 Å². The summed E-state index contributed by atoms with van der Waals surface area (Å²) in [6.45, 7) is 4.08. The highest BCUT2D eigenvalue weighted by Crippen LogP contribution is 2.19. The summed E-state index contributed by atoms with van der Waals surface area (Å²) >= 11 is 0. The Kier molecular flexibility index (Phi) is 8.00. The standard InChI is InChI=1S/C21H27N3O4/c1-16-11-17(2)13-18(12-16)24(10-6-8-22)20(26)15-28-21(27)14-23-9-5-3-4-7-19(23)25/h11-13H,3-7,9-10,14-15H2,1-2H3. The van der Waals surface area contributed by atoms with Crippen LogP contribution in [0.5, 0.6) is 0 Å². The first kappa shape index (κ1) is 21.4. The minimum absolute atomic E-state index is 0.0494. The highest BCUT2D eigenvalue weighted by atomic mass is 16.5. The number of anilines is 1. The van der Waals surface area contributed by atoms with E-state index in [9.17, 15) is 14.4 Å². The van der Waals surface area contributed by atoms with Crippen LogP contribution in [-0.2, 0) is 19.1 Å². The van der Waals surface area contributed by atoms with Gasteiger partial charge in [-0.3, -0.25) is 14.4 Å². The van der Waals surface area contributed by atoms with Crippen molar-refractivity contribution in [1.82, 2.24) is 4.90 Å². The number of benzene rings is 1. The van der Waals surface area contributed by atoms with E-state index in [0.29, 0.717) is 18.7 Å². The topological polar surface area (TPSA) is 90.7 Å². The summed E-state index contributed by atoms with van der Waals surface area (Å²) in [4.78, 5) is 39.7. The van der Waals surface area contributed by atoms with Gasteiger partial charge in [-0.1, -0.05) is 12.5 Å². The normalized spacial score (nSPS) is 14.2. The van der Waals surface area contributed by atoms with Gasteiger partial charge in [-0.2, -0.15) is 5.26 Å². The second kappa shape index (κ2) is 10.5. The molecule has 0 aromatic heterocycles. The molecule has 2 amide bonds. The van der Waals surface area contributed by atoms with Crippen molar-refractivity contribution < 1.29 is 19.1 Å². The molecule has 0 N–H and O–H groups in total. The third-order valence-electron chi connectivity index (χ3n) is 4.61. The molecular weight excluding hydrogens is 358 g/mol. The van der Waals surface area contributed by atoms with E-state index in [2.05, 4.69) is 0 Å². The zero-order valence-corrected chi connectivity index (χ0v) is 16.6. The Morgan fingerprint density at radius 3 is 2.57 bits per heavy atom. The van der Waals surface area contributed by atoms with Crippen LogP contribution < -0.4 is 4.90 Å². The van der Waals surface area contributed by atoms with E-state index in [1.165, 1.54) is 9.80 Å². The summed E-state index contributed by atoms with van der Waals surface area (Å²) in [5.41, 5.74) is 2.68. The molecule has 1 aromatic rings. The van der Waals surface area contributed by atoms with E-state index in [-0.39, 0.29) is 25.4 Å². The molecule has 1 aliphatic rings. The summed E-state index contributed by atoms with van der Waals surface area (Å²) in [5.74, 6) is -1.04. The first-order valence-electron chi connectivity index (χ1n) is 9.59. The fourth-order valence-electron chi connectivity index (χ4n) is 3.29. The van der Waals surface area contributed by atoms with Crippen LogP contribution >= 0.6 is 0 Å². The molecule has 2 rings (SSSR count). The van der Waals surface area contributed by atoms with E-state index in [1.54, 1.807) is 0 Å². The molecular formula is C21H27N3O4. The van der Waals surface area contributed by atoms with Gasteiger partial charge in [-0.15, -0.1) is 0 Å². The predicted molar refractivity (Wildman–Crippen MR) is 105 cm³/mol. The lowest BCUT2D eigenvalue weighted by Gasteiger charge is -2.23. The summed E-state index contributed by atoms with van der Waals surface area (Å²) in [7, 11) is 0. The third kappa shape index (κ3) is 6.38. The molecule has 1 aliphatic heterocycles. The quantitative estimate of drug-likeness (QED) is 0.673. The molecule has 0 unspecified atom stereocenters. The largest absolute Gasteiger partial charge is 0.454 e. The molecule has 7 nitrogen and oxygen atoms in total. The molecule has 0 aliphatic carbocycles. The molecule has 0 saturated carbocycles. The number of rotatable bonds is 7. The smallest absolute Gasteiger partial charge is 0.326 e. The lowest BCUT2D eigenvalue weighted by atomic mass is 10.1. The van der Waals surface area contributed by atoms with E-state index >= 15 is 0 Å². The number of nitriles is 1. The van der Waals surface area contributed by atoms with Gasteiger partial charge >= 0.3 is 5.97 Å². The Hall–Kier alpha value is -2.88. The van der Waals surface area contributed by atoms with E-state index in [1.807, 2.05) is 38.1 Å². The molecule has 0 bridgehead atoms. The van der Waals surface area contributed by atoms with Crippen molar-refractivity contribution in [3.8, 4) is 6.07 Å². The number of hydrogen-bond donors (Lipinski definition) is 0. The van der Waals surface area contributed by atoms with Crippen molar-refractivity contribution in [2.75, 3.05) is 31.1 Å². The molecule has 1 fully saturated rings. The van der Waals surface area contributed by atoms with Crippen LogP contribution in [0, 0.1) is 25.2 Å². The summed E-state index contributed by atoms with van der Waals surface area (Å²) < 4.78 is 5.13. The predicted octanol–water partition coefficient (Wildman–Crippen LogP) is 2.50. The fraction of sp³-hybridized carbons (Fsp3) is 0.524. The Morgan fingerprint density at radius 1 is 1.18 bits per heavy atom. The molecule has 1 saturated heterocycles. The lowest BCUT2D eigenvalue weighted by Crippen LogP contribution is -2.39. The molecule has 0 radical (unpaired) electrons. The SMILES string of the molecule is Cc1cc(C)cc(N(CCC#N)C(=O)COC(=O)CN2CCCCCC2=O)c1. The van der Waals surface area contributed by atoms with Gasteiger partial charge in [0.2, 0.25) is 5.91 Å². The number of amides is 2. The number of hydrogen-bond acceptors (Lipinski definition) is 5. The van der Waals surface area contributed by atoms with E-state index < -0.39 is 18.5 Å². The highest BCUT2D eigenvalue weighted by Gasteiger charge is 2.22. The minimum Gasteiger partial charge on any atom is -0.454 e. The summed E-state index contributed by atoms with van der Waals surface area (Å²) in [6, 6.07) is 7.75. The van der Waals surface area contributed by atoms with Gasteiger partial charge in [0.25, 0.3) is 5.91 Å². The monoisotopic (exact) mass is 385 g/mol. The zero-order valence-electron chi connectivity index (χ0n) is 16.6. The van der Waals surface area contributed by atoms with Gasteiger partial charge in [0.1, 0.15) is 6.54 Å². The average Bonchev–Trinajstić information content (AvgIpc) is 2.84. The fourth-order valence-corrected chi connectivity index (χ4v) is 3.29. The molecule has 150 valence electrons. The molecule has 0 spiro atoms. The Labute approximate surface area is 165 Å². The number of ether oxygens (including phenoxy) is 1. The van der Waals surface area contributed by atoms with Gasteiger partial charge in [-0.05, 0) is 49.9 Å². The molecule has 0 atom stereocenters. The van der Waals surface area contributed by atoms with Crippen LogP contribution in [0.4, 0.5) is 5.69 Å². The van der Waals surface area contributed by atoms with Crippen LogP contribution in [0.2, 0.25) is 0 Å². The lowest BCUT2D eigenvalue weighted by molar-refractivity contribution is -0.151. The van der Waals surface area contributed by atoms with E-state index in [4.69, 9.17) is 10.00 Å². The van der Waals surface area contributed by atoms with Crippen molar-refractivity contribution in [1.29, 1.82) is 5.26 Å². The van der Waals surface area contributed by atoms with Crippen molar-refractivity contribution in [2.45, 2.75) is 46.0 Å². The maximum atomic E-state index is 12.6. The van der Waals surface area contributed by atoms with Crippen LogP contribution in [0.25, 0.3) is 0 Å². The minimum atomic E-state index is -0.593. The van der Waals surface area contributed by atoms with Crippen LogP contribution in [0.15, 0.2) is 18.2 Å². The summed E-state index contributed by atoms with van der Waals surface area (Å²) in [6.07, 6.45) is 3.30. The molecule has 1 heterocycles. The number of carbonyl (C=O) groups excluding carboxylic acids is 3. The molecule has 7 heteroatoms. The third-order valence-corrected chi connectivity index (χ3v) is 4.61. The van der Waals surface area contributed by atoms with Crippen molar-refractivity contribution in [2.24, 2.45) is 0 Å². The van der Waals surface area contributed by atoms with Crippen molar-refractivity contribution in [3.63, 3.8) is 0 Å². The second-order valence-electron chi connectivity index (χ2n) is 7.09. The van der Waals surface area contributed by atoms with E-state index in [0.717, 1.165) is 30.4 Å². The number of carbonyl (C=O) groups is 3. The first-order chi connectivity index (χ1) is 13.4. The number of aryl methyl sites for hydroxylation is 2. The molecule has 1 aromatic carbocycles. The van der Waals surface area contributed by atoms with Crippen LogP contribution in [-0.4, -0.2) is 48.9 Å². The first-order valence-corrected chi connectivity index (χ1v) is 9.59. The highest BCUT2D eigenvalue weighted by molar-refractivity contribution is 5.95.